The normalized spacial score (nSPS) is 14.7. The van der Waals surface area contributed by atoms with Crippen molar-refractivity contribution >= 4 is 17.4 Å². The standard InChI is InChI=1S/C11H15N3O/c1-7-3-2-4-9(12)10(7)14-11(15)13-8-5-6-8/h2-4,8H,5-6,12H2,1H3,(H2,13,14,15). The molecule has 0 unspecified atom stereocenters. The van der Waals surface area contributed by atoms with Crippen molar-refractivity contribution in [2.24, 2.45) is 0 Å². The molecular weight excluding hydrogens is 190 g/mol. The van der Waals surface area contributed by atoms with Gasteiger partial charge in [0.2, 0.25) is 0 Å². The first kappa shape index (κ1) is 9.83. The van der Waals surface area contributed by atoms with E-state index in [1.54, 1.807) is 6.07 Å². The Labute approximate surface area is 88.9 Å². The average Bonchev–Trinajstić information content (AvgIpc) is 2.95. The summed E-state index contributed by atoms with van der Waals surface area (Å²) in [4.78, 5) is 11.5. The number of para-hydroxylation sites is 1. The van der Waals surface area contributed by atoms with E-state index in [0.717, 1.165) is 18.4 Å². The van der Waals surface area contributed by atoms with Crippen molar-refractivity contribution in [1.29, 1.82) is 0 Å². The van der Waals surface area contributed by atoms with E-state index in [1.807, 2.05) is 19.1 Å². The molecule has 0 saturated heterocycles. The smallest absolute Gasteiger partial charge is 0.319 e. The number of carbonyl (C=O) groups is 1. The summed E-state index contributed by atoms with van der Waals surface area (Å²) in [7, 11) is 0. The molecule has 4 nitrogen and oxygen atoms in total. The van der Waals surface area contributed by atoms with Crippen molar-refractivity contribution < 1.29 is 4.79 Å². The van der Waals surface area contributed by atoms with E-state index in [9.17, 15) is 4.79 Å². The fourth-order valence-electron chi connectivity index (χ4n) is 1.42. The minimum absolute atomic E-state index is 0.168. The molecule has 1 saturated carbocycles. The lowest BCUT2D eigenvalue weighted by molar-refractivity contribution is 0.251. The van der Waals surface area contributed by atoms with Crippen LogP contribution in [0.5, 0.6) is 0 Å². The molecule has 0 aromatic heterocycles. The topological polar surface area (TPSA) is 67.1 Å². The molecule has 1 aliphatic rings. The van der Waals surface area contributed by atoms with Crippen LogP contribution >= 0.6 is 0 Å². The number of benzene rings is 1. The molecule has 0 bridgehead atoms. The summed E-state index contributed by atoms with van der Waals surface area (Å²) >= 11 is 0. The van der Waals surface area contributed by atoms with Gasteiger partial charge >= 0.3 is 6.03 Å². The number of anilines is 2. The van der Waals surface area contributed by atoms with Gasteiger partial charge in [0.1, 0.15) is 0 Å². The van der Waals surface area contributed by atoms with Gasteiger partial charge in [0.05, 0.1) is 11.4 Å². The molecule has 80 valence electrons. The number of hydrogen-bond acceptors (Lipinski definition) is 2. The van der Waals surface area contributed by atoms with Gasteiger partial charge in [-0.05, 0) is 31.4 Å². The number of nitrogens with two attached hydrogens (primary N) is 1. The van der Waals surface area contributed by atoms with Crippen LogP contribution in [0.1, 0.15) is 18.4 Å². The number of urea groups is 1. The van der Waals surface area contributed by atoms with E-state index in [-0.39, 0.29) is 6.03 Å². The maximum absolute atomic E-state index is 11.5. The van der Waals surface area contributed by atoms with Gasteiger partial charge in [-0.15, -0.1) is 0 Å². The van der Waals surface area contributed by atoms with Crippen molar-refractivity contribution in [2.75, 3.05) is 11.1 Å². The first-order valence-corrected chi connectivity index (χ1v) is 5.09. The fraction of sp³-hybridized carbons (Fsp3) is 0.364. The van der Waals surface area contributed by atoms with Crippen LogP contribution in [-0.2, 0) is 0 Å². The minimum atomic E-state index is -0.168. The summed E-state index contributed by atoms with van der Waals surface area (Å²) in [6.45, 7) is 1.92. The average molecular weight is 205 g/mol. The Balaban J connectivity index is 2.05. The summed E-state index contributed by atoms with van der Waals surface area (Å²) in [5, 5.41) is 5.63. The number of amides is 2. The Kier molecular flexibility index (Phi) is 2.49. The van der Waals surface area contributed by atoms with Crippen LogP contribution in [0.25, 0.3) is 0 Å². The molecule has 1 fully saturated rings. The highest BCUT2D eigenvalue weighted by Gasteiger charge is 2.23. The summed E-state index contributed by atoms with van der Waals surface area (Å²) < 4.78 is 0. The van der Waals surface area contributed by atoms with E-state index in [0.29, 0.717) is 17.4 Å². The molecule has 1 aromatic rings. The van der Waals surface area contributed by atoms with Crippen molar-refractivity contribution in [2.45, 2.75) is 25.8 Å². The molecule has 15 heavy (non-hydrogen) atoms. The third kappa shape index (κ3) is 2.40. The molecule has 0 heterocycles. The molecular formula is C11H15N3O. The Morgan fingerprint density at radius 2 is 2.20 bits per heavy atom. The molecule has 0 spiro atoms. The van der Waals surface area contributed by atoms with Crippen LogP contribution in [0, 0.1) is 6.92 Å². The summed E-state index contributed by atoms with van der Waals surface area (Å²) in [6, 6.07) is 5.76. The lowest BCUT2D eigenvalue weighted by Gasteiger charge is -2.11. The summed E-state index contributed by atoms with van der Waals surface area (Å²) in [5.74, 6) is 0. The van der Waals surface area contributed by atoms with Gasteiger partial charge in [0.15, 0.2) is 0 Å². The van der Waals surface area contributed by atoms with Gasteiger partial charge in [0, 0.05) is 6.04 Å². The van der Waals surface area contributed by atoms with E-state index < -0.39 is 0 Å². The van der Waals surface area contributed by atoms with Gasteiger partial charge < -0.3 is 16.4 Å². The summed E-state index contributed by atoms with van der Waals surface area (Å²) in [6.07, 6.45) is 2.16. The van der Waals surface area contributed by atoms with Crippen molar-refractivity contribution in [3.63, 3.8) is 0 Å². The number of nitrogens with one attached hydrogen (secondary N) is 2. The molecule has 4 heteroatoms. The molecule has 1 aliphatic carbocycles. The van der Waals surface area contributed by atoms with Gasteiger partial charge in [-0.1, -0.05) is 12.1 Å². The van der Waals surface area contributed by atoms with Crippen molar-refractivity contribution in [3.05, 3.63) is 23.8 Å². The zero-order chi connectivity index (χ0) is 10.8. The van der Waals surface area contributed by atoms with Crippen LogP contribution in [0.3, 0.4) is 0 Å². The predicted octanol–water partition coefficient (Wildman–Crippen LogP) is 1.86. The Bertz CT molecular complexity index is 365. The fourth-order valence-corrected chi connectivity index (χ4v) is 1.42. The Morgan fingerprint density at radius 1 is 1.47 bits per heavy atom. The maximum atomic E-state index is 11.5. The SMILES string of the molecule is Cc1cccc(N)c1NC(=O)NC1CC1. The minimum Gasteiger partial charge on any atom is -0.397 e. The van der Waals surface area contributed by atoms with Gasteiger partial charge in [0.25, 0.3) is 0 Å². The number of aryl methyl sites for hydroxylation is 1. The monoisotopic (exact) mass is 205 g/mol. The number of carbonyl (C=O) groups excluding carboxylic acids is 1. The first-order chi connectivity index (χ1) is 7.16. The molecule has 2 rings (SSSR count). The number of rotatable bonds is 2. The lowest BCUT2D eigenvalue weighted by atomic mass is 10.2. The van der Waals surface area contributed by atoms with E-state index >= 15 is 0 Å². The Hall–Kier alpha value is -1.71. The quantitative estimate of drug-likeness (QED) is 0.645. The van der Waals surface area contributed by atoms with Crippen LogP contribution in [0.4, 0.5) is 16.2 Å². The van der Waals surface area contributed by atoms with Crippen molar-refractivity contribution in [3.8, 4) is 0 Å². The highest BCUT2D eigenvalue weighted by Crippen LogP contribution is 2.23. The largest absolute Gasteiger partial charge is 0.397 e. The summed E-state index contributed by atoms with van der Waals surface area (Å²) in [5.41, 5.74) is 8.05. The second kappa shape index (κ2) is 3.81. The number of nitrogen functional groups attached to an aromatic ring is 1. The molecule has 0 aliphatic heterocycles. The van der Waals surface area contributed by atoms with E-state index in [1.165, 1.54) is 0 Å². The first-order valence-electron chi connectivity index (χ1n) is 5.09. The second-order valence-electron chi connectivity index (χ2n) is 3.91. The third-order valence-electron chi connectivity index (χ3n) is 2.46. The maximum Gasteiger partial charge on any atom is 0.319 e. The predicted molar refractivity (Wildman–Crippen MR) is 60.8 cm³/mol. The van der Waals surface area contributed by atoms with E-state index in [4.69, 9.17) is 5.73 Å². The van der Waals surface area contributed by atoms with Crippen LogP contribution in [0.15, 0.2) is 18.2 Å². The zero-order valence-corrected chi connectivity index (χ0v) is 8.71. The zero-order valence-electron chi connectivity index (χ0n) is 8.71. The van der Waals surface area contributed by atoms with Crippen LogP contribution in [0.2, 0.25) is 0 Å². The highest BCUT2D eigenvalue weighted by molar-refractivity contribution is 5.93. The van der Waals surface area contributed by atoms with Crippen LogP contribution < -0.4 is 16.4 Å². The third-order valence-corrected chi connectivity index (χ3v) is 2.46. The van der Waals surface area contributed by atoms with Gasteiger partial charge in [-0.3, -0.25) is 0 Å². The lowest BCUT2D eigenvalue weighted by Crippen LogP contribution is -2.30. The number of hydrogen-bond donors (Lipinski definition) is 3. The highest BCUT2D eigenvalue weighted by atomic mass is 16.2. The molecule has 1 aromatic carbocycles. The molecule has 2 amide bonds. The van der Waals surface area contributed by atoms with E-state index in [2.05, 4.69) is 10.6 Å². The Morgan fingerprint density at radius 3 is 2.80 bits per heavy atom. The second-order valence-corrected chi connectivity index (χ2v) is 3.91. The molecule has 0 atom stereocenters. The van der Waals surface area contributed by atoms with Gasteiger partial charge in [-0.25, -0.2) is 4.79 Å². The van der Waals surface area contributed by atoms with Gasteiger partial charge in [-0.2, -0.15) is 0 Å². The van der Waals surface area contributed by atoms with Crippen molar-refractivity contribution in [1.82, 2.24) is 5.32 Å². The van der Waals surface area contributed by atoms with Crippen LogP contribution in [-0.4, -0.2) is 12.1 Å². The molecule has 0 radical (unpaired) electrons. The molecule has 4 N–H and O–H groups in total.